The molecule has 6 nitrogen and oxygen atoms in total. The lowest BCUT2D eigenvalue weighted by molar-refractivity contribution is 0.238. The average Bonchev–Trinajstić information content (AvgIpc) is 3.30. The SMILES string of the molecule is COc1ccc(C(CNCc2cc(OC)c(OC)c(OC)c2)N2CCCC2)cc1. The van der Waals surface area contributed by atoms with E-state index in [0.29, 0.717) is 23.3 Å². The maximum Gasteiger partial charge on any atom is 0.203 e. The van der Waals surface area contributed by atoms with Crippen molar-refractivity contribution in [3.05, 3.63) is 47.5 Å². The number of benzene rings is 2. The average molecular weight is 401 g/mol. The van der Waals surface area contributed by atoms with E-state index < -0.39 is 0 Å². The molecule has 1 atom stereocenters. The monoisotopic (exact) mass is 400 g/mol. The third-order valence-corrected chi connectivity index (χ3v) is 5.47. The Hall–Kier alpha value is -2.44. The van der Waals surface area contributed by atoms with Gasteiger partial charge in [-0.3, -0.25) is 4.90 Å². The highest BCUT2D eigenvalue weighted by molar-refractivity contribution is 5.53. The predicted octanol–water partition coefficient (Wildman–Crippen LogP) is 3.65. The molecule has 6 heteroatoms. The molecule has 3 rings (SSSR count). The Kier molecular flexibility index (Phi) is 7.61. The first-order chi connectivity index (χ1) is 14.2. The molecule has 1 saturated heterocycles. The number of nitrogens with one attached hydrogen (secondary N) is 1. The van der Waals surface area contributed by atoms with Crippen molar-refractivity contribution in [2.24, 2.45) is 0 Å². The van der Waals surface area contributed by atoms with Crippen LogP contribution in [0.1, 0.15) is 30.0 Å². The van der Waals surface area contributed by atoms with Crippen LogP contribution >= 0.6 is 0 Å². The van der Waals surface area contributed by atoms with Crippen LogP contribution in [0.15, 0.2) is 36.4 Å². The van der Waals surface area contributed by atoms with Crippen molar-refractivity contribution < 1.29 is 18.9 Å². The van der Waals surface area contributed by atoms with E-state index in [-0.39, 0.29) is 0 Å². The summed E-state index contributed by atoms with van der Waals surface area (Å²) in [6.45, 7) is 3.87. The molecule has 2 aromatic rings. The highest BCUT2D eigenvalue weighted by Gasteiger charge is 2.23. The van der Waals surface area contributed by atoms with Crippen LogP contribution in [0.5, 0.6) is 23.0 Å². The minimum atomic E-state index is 0.338. The second-order valence-corrected chi connectivity index (χ2v) is 7.20. The molecule has 0 radical (unpaired) electrons. The molecule has 29 heavy (non-hydrogen) atoms. The largest absolute Gasteiger partial charge is 0.497 e. The summed E-state index contributed by atoms with van der Waals surface area (Å²) in [6, 6.07) is 12.7. The number of likely N-dealkylation sites (tertiary alicyclic amines) is 1. The van der Waals surface area contributed by atoms with E-state index in [2.05, 4.69) is 22.3 Å². The summed E-state index contributed by atoms with van der Waals surface area (Å²) in [4.78, 5) is 2.56. The number of hydrogen-bond acceptors (Lipinski definition) is 6. The van der Waals surface area contributed by atoms with E-state index in [1.165, 1.54) is 18.4 Å². The molecule has 0 saturated carbocycles. The molecule has 0 amide bonds. The summed E-state index contributed by atoms with van der Waals surface area (Å²) in [6.07, 6.45) is 2.53. The summed E-state index contributed by atoms with van der Waals surface area (Å²) in [5.74, 6) is 2.86. The van der Waals surface area contributed by atoms with E-state index in [0.717, 1.165) is 37.5 Å². The van der Waals surface area contributed by atoms with Crippen molar-refractivity contribution >= 4 is 0 Å². The summed E-state index contributed by atoms with van der Waals surface area (Å²) in [5, 5.41) is 3.62. The van der Waals surface area contributed by atoms with Gasteiger partial charge in [-0.05, 0) is 61.3 Å². The minimum absolute atomic E-state index is 0.338. The normalized spacial score (nSPS) is 15.2. The van der Waals surface area contributed by atoms with E-state index in [4.69, 9.17) is 18.9 Å². The Balaban J connectivity index is 1.71. The lowest BCUT2D eigenvalue weighted by Gasteiger charge is -2.28. The highest BCUT2D eigenvalue weighted by atomic mass is 16.5. The van der Waals surface area contributed by atoms with Gasteiger partial charge in [0.1, 0.15) is 5.75 Å². The number of ether oxygens (including phenoxy) is 4. The number of nitrogens with zero attached hydrogens (tertiary/aromatic N) is 1. The molecule has 158 valence electrons. The Morgan fingerprint density at radius 3 is 2.00 bits per heavy atom. The van der Waals surface area contributed by atoms with Crippen LogP contribution in [0.4, 0.5) is 0 Å². The first kappa shape index (κ1) is 21.3. The van der Waals surface area contributed by atoms with Gasteiger partial charge in [0.25, 0.3) is 0 Å². The molecular weight excluding hydrogens is 368 g/mol. The fourth-order valence-corrected chi connectivity index (χ4v) is 3.93. The molecular formula is C23H32N2O4. The Bertz CT molecular complexity index is 748. The zero-order valence-corrected chi connectivity index (χ0v) is 17.9. The standard InChI is InChI=1S/C23H32N2O4/c1-26-19-9-7-18(8-10-19)20(25-11-5-6-12-25)16-24-15-17-13-21(27-2)23(29-4)22(14-17)28-3/h7-10,13-14,20,24H,5-6,11-12,15-16H2,1-4H3. The lowest BCUT2D eigenvalue weighted by Crippen LogP contribution is -2.34. The zero-order valence-electron chi connectivity index (χ0n) is 17.9. The van der Waals surface area contributed by atoms with E-state index >= 15 is 0 Å². The van der Waals surface area contributed by atoms with E-state index in [1.54, 1.807) is 28.4 Å². The summed E-state index contributed by atoms with van der Waals surface area (Å²) in [5.41, 5.74) is 2.40. The van der Waals surface area contributed by atoms with Gasteiger partial charge < -0.3 is 24.3 Å². The minimum Gasteiger partial charge on any atom is -0.497 e. The Morgan fingerprint density at radius 1 is 0.862 bits per heavy atom. The van der Waals surface area contributed by atoms with Crippen molar-refractivity contribution in [2.75, 3.05) is 48.1 Å². The molecule has 1 aliphatic heterocycles. The van der Waals surface area contributed by atoms with Crippen LogP contribution in [-0.4, -0.2) is 53.0 Å². The van der Waals surface area contributed by atoms with Gasteiger partial charge in [0.2, 0.25) is 5.75 Å². The van der Waals surface area contributed by atoms with Crippen LogP contribution < -0.4 is 24.3 Å². The molecule has 1 N–H and O–H groups in total. The van der Waals surface area contributed by atoms with Crippen LogP contribution in [0.25, 0.3) is 0 Å². The smallest absolute Gasteiger partial charge is 0.203 e. The van der Waals surface area contributed by atoms with Crippen LogP contribution in [0.3, 0.4) is 0 Å². The molecule has 1 heterocycles. The molecule has 1 unspecified atom stereocenters. The van der Waals surface area contributed by atoms with Crippen molar-refractivity contribution in [3.8, 4) is 23.0 Å². The molecule has 0 aliphatic carbocycles. The summed E-state index contributed by atoms with van der Waals surface area (Å²) >= 11 is 0. The fraction of sp³-hybridized carbons (Fsp3) is 0.478. The van der Waals surface area contributed by atoms with E-state index in [1.807, 2.05) is 24.3 Å². The number of hydrogen-bond donors (Lipinski definition) is 1. The Morgan fingerprint density at radius 2 is 1.48 bits per heavy atom. The fourth-order valence-electron chi connectivity index (χ4n) is 3.93. The van der Waals surface area contributed by atoms with Crippen LogP contribution in [0.2, 0.25) is 0 Å². The van der Waals surface area contributed by atoms with Crippen LogP contribution in [0, 0.1) is 0 Å². The number of methoxy groups -OCH3 is 4. The number of rotatable bonds is 10. The van der Waals surface area contributed by atoms with Gasteiger partial charge in [-0.15, -0.1) is 0 Å². The molecule has 2 aromatic carbocycles. The second-order valence-electron chi connectivity index (χ2n) is 7.20. The van der Waals surface area contributed by atoms with Crippen molar-refractivity contribution in [3.63, 3.8) is 0 Å². The first-order valence-electron chi connectivity index (χ1n) is 10.1. The van der Waals surface area contributed by atoms with Crippen molar-refractivity contribution in [2.45, 2.75) is 25.4 Å². The molecule has 1 aliphatic rings. The van der Waals surface area contributed by atoms with Crippen molar-refractivity contribution in [1.29, 1.82) is 0 Å². The third kappa shape index (κ3) is 5.14. The quantitative estimate of drug-likeness (QED) is 0.657. The highest BCUT2D eigenvalue weighted by Crippen LogP contribution is 2.38. The van der Waals surface area contributed by atoms with Crippen LogP contribution in [-0.2, 0) is 6.54 Å². The summed E-state index contributed by atoms with van der Waals surface area (Å²) in [7, 11) is 6.60. The maximum atomic E-state index is 5.47. The van der Waals surface area contributed by atoms with Gasteiger partial charge in [-0.1, -0.05) is 12.1 Å². The molecule has 1 fully saturated rings. The molecule has 0 bridgehead atoms. The molecule has 0 spiro atoms. The Labute approximate surface area is 173 Å². The van der Waals surface area contributed by atoms with Crippen molar-refractivity contribution in [1.82, 2.24) is 10.2 Å². The van der Waals surface area contributed by atoms with Gasteiger partial charge in [-0.25, -0.2) is 0 Å². The zero-order chi connectivity index (χ0) is 20.6. The predicted molar refractivity (Wildman–Crippen MR) is 114 cm³/mol. The second kappa shape index (κ2) is 10.4. The van der Waals surface area contributed by atoms with Gasteiger partial charge in [0.05, 0.1) is 28.4 Å². The summed E-state index contributed by atoms with van der Waals surface area (Å²) < 4.78 is 21.7. The van der Waals surface area contributed by atoms with E-state index in [9.17, 15) is 0 Å². The first-order valence-corrected chi connectivity index (χ1v) is 10.1. The third-order valence-electron chi connectivity index (χ3n) is 5.47. The molecule has 0 aromatic heterocycles. The maximum absolute atomic E-state index is 5.47. The van der Waals surface area contributed by atoms with Gasteiger partial charge in [0.15, 0.2) is 11.5 Å². The van der Waals surface area contributed by atoms with Gasteiger partial charge >= 0.3 is 0 Å². The lowest BCUT2D eigenvalue weighted by atomic mass is 10.0. The van der Waals surface area contributed by atoms with Gasteiger partial charge in [-0.2, -0.15) is 0 Å². The van der Waals surface area contributed by atoms with Gasteiger partial charge in [0, 0.05) is 19.1 Å². The topological polar surface area (TPSA) is 52.2 Å².